The van der Waals surface area contributed by atoms with Crippen LogP contribution in [0.2, 0.25) is 0 Å². The van der Waals surface area contributed by atoms with Gasteiger partial charge in [-0.3, -0.25) is 4.90 Å². The Labute approximate surface area is 128 Å². The van der Waals surface area contributed by atoms with E-state index >= 15 is 0 Å². The highest BCUT2D eigenvalue weighted by Crippen LogP contribution is 2.22. The molecule has 1 fully saturated rings. The molecule has 0 saturated carbocycles. The van der Waals surface area contributed by atoms with Gasteiger partial charge in [0.2, 0.25) is 0 Å². The molecule has 0 bridgehead atoms. The number of hydrogen-bond acceptors (Lipinski definition) is 4. The third-order valence-corrected chi connectivity index (χ3v) is 5.27. The van der Waals surface area contributed by atoms with E-state index in [0.717, 1.165) is 26.1 Å². The zero-order chi connectivity index (χ0) is 15.3. The molecule has 2 rings (SSSR count). The van der Waals surface area contributed by atoms with Crippen LogP contribution in [0.25, 0.3) is 0 Å². The molecule has 1 aromatic rings. The SMILES string of the molecule is COCC[C@@H]1CCCCN1Cc1ccc(S(C)(=O)=O)cc1. The van der Waals surface area contributed by atoms with Crippen LogP contribution < -0.4 is 0 Å². The van der Waals surface area contributed by atoms with Crippen LogP contribution in [-0.4, -0.2) is 45.9 Å². The second-order valence-electron chi connectivity index (χ2n) is 5.82. The predicted molar refractivity (Wildman–Crippen MR) is 84.1 cm³/mol. The van der Waals surface area contributed by atoms with Crippen molar-refractivity contribution in [2.45, 2.75) is 43.2 Å². The predicted octanol–water partition coefficient (Wildman–Crippen LogP) is 2.48. The Bertz CT molecular complexity index is 539. The maximum absolute atomic E-state index is 11.5. The van der Waals surface area contributed by atoms with E-state index in [-0.39, 0.29) is 0 Å². The summed E-state index contributed by atoms with van der Waals surface area (Å²) < 4.78 is 28.2. The molecule has 5 heteroatoms. The quantitative estimate of drug-likeness (QED) is 0.810. The summed E-state index contributed by atoms with van der Waals surface area (Å²) in [6.07, 6.45) is 6.07. The van der Waals surface area contributed by atoms with Gasteiger partial charge in [0, 0.05) is 32.6 Å². The average Bonchev–Trinajstić information content (AvgIpc) is 2.46. The molecule has 1 aromatic carbocycles. The van der Waals surface area contributed by atoms with E-state index in [0.29, 0.717) is 10.9 Å². The highest BCUT2D eigenvalue weighted by molar-refractivity contribution is 7.90. The summed E-state index contributed by atoms with van der Waals surface area (Å²) in [4.78, 5) is 2.89. The normalized spacial score (nSPS) is 20.6. The van der Waals surface area contributed by atoms with E-state index < -0.39 is 9.84 Å². The maximum atomic E-state index is 11.5. The molecule has 1 aliphatic rings. The topological polar surface area (TPSA) is 46.6 Å². The van der Waals surface area contributed by atoms with Crippen molar-refractivity contribution in [3.05, 3.63) is 29.8 Å². The van der Waals surface area contributed by atoms with E-state index in [4.69, 9.17) is 4.74 Å². The third kappa shape index (κ3) is 4.80. The van der Waals surface area contributed by atoms with Crippen LogP contribution in [0.5, 0.6) is 0 Å². The van der Waals surface area contributed by atoms with Crippen LogP contribution in [0.1, 0.15) is 31.2 Å². The minimum absolute atomic E-state index is 0.390. The molecule has 1 heterocycles. The van der Waals surface area contributed by atoms with Crippen molar-refractivity contribution in [2.24, 2.45) is 0 Å². The summed E-state index contributed by atoms with van der Waals surface area (Å²) >= 11 is 0. The molecule has 0 aliphatic carbocycles. The number of methoxy groups -OCH3 is 1. The highest BCUT2D eigenvalue weighted by atomic mass is 32.2. The van der Waals surface area contributed by atoms with Gasteiger partial charge in [0.05, 0.1) is 4.90 Å². The van der Waals surface area contributed by atoms with Gasteiger partial charge >= 0.3 is 0 Å². The molecule has 4 nitrogen and oxygen atoms in total. The van der Waals surface area contributed by atoms with Crippen LogP contribution >= 0.6 is 0 Å². The molecule has 0 aromatic heterocycles. The molecule has 1 atom stereocenters. The fraction of sp³-hybridized carbons (Fsp3) is 0.625. The van der Waals surface area contributed by atoms with Gasteiger partial charge in [-0.2, -0.15) is 0 Å². The maximum Gasteiger partial charge on any atom is 0.175 e. The van der Waals surface area contributed by atoms with Crippen LogP contribution in [-0.2, 0) is 21.1 Å². The smallest absolute Gasteiger partial charge is 0.175 e. The molecular weight excluding hydrogens is 286 g/mol. The number of ether oxygens (including phenoxy) is 1. The van der Waals surface area contributed by atoms with E-state index in [1.165, 1.54) is 31.1 Å². The minimum Gasteiger partial charge on any atom is -0.385 e. The lowest BCUT2D eigenvalue weighted by Gasteiger charge is -2.35. The molecule has 0 spiro atoms. The first-order valence-electron chi connectivity index (χ1n) is 7.52. The van der Waals surface area contributed by atoms with Gasteiger partial charge in [0.25, 0.3) is 0 Å². The standard InChI is InChI=1S/C16H25NO3S/c1-20-12-10-15-5-3-4-11-17(15)13-14-6-8-16(9-7-14)21(2,18)19/h6-9,15H,3-5,10-13H2,1-2H3/t15-/m0/s1. The zero-order valence-electron chi connectivity index (χ0n) is 12.9. The number of likely N-dealkylation sites (tertiary alicyclic amines) is 1. The molecule has 0 unspecified atom stereocenters. The summed E-state index contributed by atoms with van der Waals surface area (Å²) in [7, 11) is -1.36. The van der Waals surface area contributed by atoms with Crippen molar-refractivity contribution in [1.29, 1.82) is 0 Å². The fourth-order valence-electron chi connectivity index (χ4n) is 2.93. The number of sulfone groups is 1. The van der Waals surface area contributed by atoms with Crippen molar-refractivity contribution in [3.63, 3.8) is 0 Å². The number of rotatable bonds is 6. The van der Waals surface area contributed by atoms with Gasteiger partial charge in [-0.05, 0) is 43.5 Å². The number of nitrogens with zero attached hydrogens (tertiary/aromatic N) is 1. The van der Waals surface area contributed by atoms with Crippen LogP contribution in [0, 0.1) is 0 Å². The molecule has 0 N–H and O–H groups in total. The Hall–Kier alpha value is -0.910. The Balaban J connectivity index is 2.01. The van der Waals surface area contributed by atoms with E-state index in [9.17, 15) is 8.42 Å². The molecular formula is C16H25NO3S. The largest absolute Gasteiger partial charge is 0.385 e. The van der Waals surface area contributed by atoms with Gasteiger partial charge in [-0.25, -0.2) is 8.42 Å². The Morgan fingerprint density at radius 2 is 1.95 bits per heavy atom. The fourth-order valence-corrected chi connectivity index (χ4v) is 3.56. The monoisotopic (exact) mass is 311 g/mol. The van der Waals surface area contributed by atoms with Crippen molar-refractivity contribution in [2.75, 3.05) is 26.5 Å². The Morgan fingerprint density at radius 3 is 2.57 bits per heavy atom. The number of piperidine rings is 1. The van der Waals surface area contributed by atoms with Crippen molar-refractivity contribution >= 4 is 9.84 Å². The van der Waals surface area contributed by atoms with Crippen LogP contribution in [0.3, 0.4) is 0 Å². The second kappa shape index (κ2) is 7.38. The zero-order valence-corrected chi connectivity index (χ0v) is 13.7. The lowest BCUT2D eigenvalue weighted by Crippen LogP contribution is -2.39. The molecule has 0 amide bonds. The van der Waals surface area contributed by atoms with Crippen molar-refractivity contribution in [3.8, 4) is 0 Å². The van der Waals surface area contributed by atoms with Gasteiger partial charge in [0.1, 0.15) is 0 Å². The first kappa shape index (κ1) is 16.5. The summed E-state index contributed by atoms with van der Waals surface area (Å²) in [6.45, 7) is 2.80. The summed E-state index contributed by atoms with van der Waals surface area (Å²) in [5.74, 6) is 0. The van der Waals surface area contributed by atoms with Crippen molar-refractivity contribution < 1.29 is 13.2 Å². The average molecular weight is 311 g/mol. The van der Waals surface area contributed by atoms with Gasteiger partial charge in [-0.1, -0.05) is 18.6 Å². The van der Waals surface area contributed by atoms with E-state index in [1.54, 1.807) is 19.2 Å². The molecule has 118 valence electrons. The number of hydrogen-bond donors (Lipinski definition) is 0. The summed E-state index contributed by atoms with van der Waals surface area (Å²) in [5.41, 5.74) is 1.17. The Kier molecular flexibility index (Phi) is 5.79. The van der Waals surface area contributed by atoms with E-state index in [2.05, 4.69) is 4.90 Å². The highest BCUT2D eigenvalue weighted by Gasteiger charge is 2.22. The Morgan fingerprint density at radius 1 is 1.24 bits per heavy atom. The minimum atomic E-state index is -3.11. The molecule has 0 radical (unpaired) electrons. The lowest BCUT2D eigenvalue weighted by molar-refractivity contribution is 0.0974. The van der Waals surface area contributed by atoms with Crippen molar-refractivity contribution in [1.82, 2.24) is 4.90 Å². The molecule has 21 heavy (non-hydrogen) atoms. The van der Waals surface area contributed by atoms with Gasteiger partial charge in [-0.15, -0.1) is 0 Å². The van der Waals surface area contributed by atoms with Gasteiger partial charge in [0.15, 0.2) is 9.84 Å². The first-order chi connectivity index (χ1) is 10.0. The van der Waals surface area contributed by atoms with Gasteiger partial charge < -0.3 is 4.74 Å². The lowest BCUT2D eigenvalue weighted by atomic mass is 9.99. The number of benzene rings is 1. The second-order valence-corrected chi connectivity index (χ2v) is 7.83. The third-order valence-electron chi connectivity index (χ3n) is 4.14. The first-order valence-corrected chi connectivity index (χ1v) is 9.42. The molecule has 1 aliphatic heterocycles. The van der Waals surface area contributed by atoms with E-state index in [1.807, 2.05) is 12.1 Å². The molecule has 1 saturated heterocycles. The van der Waals surface area contributed by atoms with Crippen LogP contribution in [0.15, 0.2) is 29.2 Å². The van der Waals surface area contributed by atoms with Crippen LogP contribution in [0.4, 0.5) is 0 Å². The summed E-state index contributed by atoms with van der Waals surface area (Å²) in [5, 5.41) is 0. The summed E-state index contributed by atoms with van der Waals surface area (Å²) in [6, 6.07) is 7.85.